The highest BCUT2D eigenvalue weighted by atomic mass is 16.8. The van der Waals surface area contributed by atoms with E-state index in [4.69, 9.17) is 23.7 Å². The molecule has 2 saturated heterocycles. The number of allylic oxidation sites excluding steroid dienone is 1. The first-order valence-corrected chi connectivity index (χ1v) is 21.1. The summed E-state index contributed by atoms with van der Waals surface area (Å²) in [6.45, 7) is 5.10. The Morgan fingerprint density at radius 2 is 1.68 bits per heavy atom. The molecule has 0 aromatic heterocycles. The maximum absolute atomic E-state index is 13.8. The highest BCUT2D eigenvalue weighted by molar-refractivity contribution is 5.95. The second-order valence-electron chi connectivity index (χ2n) is 17.7. The van der Waals surface area contributed by atoms with Gasteiger partial charge in [-0.15, -0.1) is 0 Å². The Labute approximate surface area is 350 Å². The first-order chi connectivity index (χ1) is 28.8. The molecule has 0 bridgehead atoms. The molecule has 3 unspecified atom stereocenters. The number of hydrogen-bond acceptors (Lipinski definition) is 10. The zero-order chi connectivity index (χ0) is 42.0. The van der Waals surface area contributed by atoms with Crippen molar-refractivity contribution in [1.82, 2.24) is 10.6 Å². The summed E-state index contributed by atoms with van der Waals surface area (Å²) < 4.78 is 30.5. The summed E-state index contributed by atoms with van der Waals surface area (Å²) in [6, 6.07) is 21.6. The number of hydrogen-bond donors (Lipinski definition) is 3. The third kappa shape index (κ3) is 10.1. The van der Waals surface area contributed by atoms with Gasteiger partial charge in [0.25, 0.3) is 5.91 Å². The van der Waals surface area contributed by atoms with Crippen molar-refractivity contribution in [2.45, 2.75) is 127 Å². The van der Waals surface area contributed by atoms with Crippen molar-refractivity contribution in [3.8, 4) is 0 Å². The number of carbonyl (C=O) groups excluding carboxylic acids is 4. The molecule has 2 amide bonds. The number of aliphatic hydroxyl groups is 1. The van der Waals surface area contributed by atoms with Crippen molar-refractivity contribution in [2.75, 3.05) is 6.61 Å². The third-order valence-electron chi connectivity index (χ3n) is 11.8. The van der Waals surface area contributed by atoms with Crippen LogP contribution in [0.5, 0.6) is 0 Å². The normalized spacial score (nSPS) is 25.4. The van der Waals surface area contributed by atoms with Crippen LogP contribution in [-0.4, -0.2) is 83.4 Å². The minimum atomic E-state index is -0.934. The molecule has 60 heavy (non-hydrogen) atoms. The van der Waals surface area contributed by atoms with Crippen LogP contribution in [0.2, 0.25) is 0 Å². The number of fused-ring (bicyclic) bond motifs is 3. The van der Waals surface area contributed by atoms with Gasteiger partial charge in [0.05, 0.1) is 30.4 Å². The number of esters is 2. The number of nitrogens with one attached hydrogen (secondary N) is 2. The number of ether oxygens (including phenoxy) is 5. The van der Waals surface area contributed by atoms with Crippen LogP contribution in [0, 0.1) is 5.92 Å². The van der Waals surface area contributed by atoms with Crippen molar-refractivity contribution in [3.05, 3.63) is 124 Å². The molecule has 0 radical (unpaired) electrons. The van der Waals surface area contributed by atoms with Crippen LogP contribution in [0.4, 0.5) is 0 Å². The molecule has 12 nitrogen and oxygen atoms in total. The molecule has 3 aromatic carbocycles. The van der Waals surface area contributed by atoms with E-state index in [9.17, 15) is 24.3 Å². The second-order valence-corrected chi connectivity index (χ2v) is 17.7. The molecule has 2 aliphatic heterocycles. The monoisotopic (exact) mass is 818 g/mol. The van der Waals surface area contributed by atoms with Crippen molar-refractivity contribution >= 4 is 29.8 Å². The van der Waals surface area contributed by atoms with E-state index >= 15 is 0 Å². The second kappa shape index (κ2) is 17.5. The summed E-state index contributed by atoms with van der Waals surface area (Å²) in [7, 11) is 0. The Morgan fingerprint density at radius 3 is 2.40 bits per heavy atom. The fourth-order valence-corrected chi connectivity index (χ4v) is 8.74. The van der Waals surface area contributed by atoms with Crippen LogP contribution < -0.4 is 10.6 Å². The molecule has 3 N–H and O–H groups in total. The number of epoxide rings is 1. The number of benzene rings is 3. The molecule has 8 rings (SSSR count). The smallest absolute Gasteiger partial charge is 0.338 e. The highest BCUT2D eigenvalue weighted by Gasteiger charge is 2.55. The fourth-order valence-electron chi connectivity index (χ4n) is 8.74. The maximum atomic E-state index is 13.8. The van der Waals surface area contributed by atoms with E-state index in [0.717, 1.165) is 36.0 Å². The number of aliphatic hydroxyl groups excluding tert-OH is 1. The van der Waals surface area contributed by atoms with Crippen LogP contribution in [0.25, 0.3) is 6.08 Å². The van der Waals surface area contributed by atoms with Gasteiger partial charge in [-0.25, -0.2) is 4.79 Å². The van der Waals surface area contributed by atoms with Crippen LogP contribution in [-0.2, 0) is 52.7 Å². The van der Waals surface area contributed by atoms with E-state index in [1.807, 2.05) is 24.3 Å². The zero-order valence-corrected chi connectivity index (χ0v) is 34.4. The Kier molecular flexibility index (Phi) is 12.1. The Balaban J connectivity index is 0.910. The largest absolute Gasteiger partial charge is 0.460 e. The number of rotatable bonds is 13. The van der Waals surface area contributed by atoms with Gasteiger partial charge in [-0.1, -0.05) is 60.7 Å². The van der Waals surface area contributed by atoms with Gasteiger partial charge in [0.1, 0.15) is 23.9 Å². The van der Waals surface area contributed by atoms with Crippen LogP contribution in [0.1, 0.15) is 102 Å². The van der Waals surface area contributed by atoms with Crippen molar-refractivity contribution in [1.29, 1.82) is 0 Å². The quantitative estimate of drug-likeness (QED) is 0.139. The van der Waals surface area contributed by atoms with E-state index in [1.165, 1.54) is 0 Å². The molecule has 3 fully saturated rings. The molecule has 2 heterocycles. The Hall–Kier alpha value is -5.14. The molecular weight excluding hydrogens is 765 g/mol. The van der Waals surface area contributed by atoms with Gasteiger partial charge in [0, 0.05) is 43.4 Å². The first-order valence-electron chi connectivity index (χ1n) is 21.1. The minimum absolute atomic E-state index is 0.0426. The van der Waals surface area contributed by atoms with Gasteiger partial charge in [-0.3, -0.25) is 14.4 Å². The standard InChI is InChI=1S/C48H54N2O10/c1-47(2,3)59-42(52)20-18-37(28-51)50-45(54)33-10-6-7-31(21-33)27-49-44(53)36-23-40(43-41(24-36)58-48(60-43)25-34-8-4-5-9-35(34)26-48)57-46(55)32-16-13-29(14-17-32)11-12-30-15-19-38-39(22-30)56-38/h4-14,16-17,21,24,30,37-41,43,51H,15,18-20,22-23,25-28H2,1-3H3,(H,49,53)(H,50,54)/t30?,37-,38?,39?,40+,41+,43-/m0/s1. The van der Waals surface area contributed by atoms with Crippen LogP contribution >= 0.6 is 0 Å². The van der Waals surface area contributed by atoms with E-state index < -0.39 is 53.6 Å². The molecule has 3 aliphatic carbocycles. The molecule has 1 spiro atoms. The van der Waals surface area contributed by atoms with Crippen molar-refractivity contribution < 1.29 is 48.0 Å². The molecule has 3 aromatic rings. The topological polar surface area (TPSA) is 162 Å². The first kappa shape index (κ1) is 41.6. The van der Waals surface area contributed by atoms with Crippen molar-refractivity contribution in [3.63, 3.8) is 0 Å². The van der Waals surface area contributed by atoms with E-state index in [0.29, 0.717) is 53.2 Å². The Morgan fingerprint density at radius 1 is 0.917 bits per heavy atom. The SMILES string of the molecule is CC(C)(C)OC(=O)CC[C@@H](CO)NC(=O)c1cccc(CNC(=O)C2=C[C@H]3OC4(Cc5ccccc5C4)O[C@H]3[C@H](OC(=O)c3ccc(C=CC4CCC5OC5C4)cc3)C2)c1. The van der Waals surface area contributed by atoms with Crippen LogP contribution in [0.15, 0.2) is 90.5 Å². The lowest BCUT2D eigenvalue weighted by molar-refractivity contribution is -0.172. The van der Waals surface area contributed by atoms with Gasteiger partial charge >= 0.3 is 11.9 Å². The van der Waals surface area contributed by atoms with Gasteiger partial charge in [0.15, 0.2) is 5.79 Å². The Bertz CT molecular complexity index is 2130. The minimum Gasteiger partial charge on any atom is -0.460 e. The summed E-state index contributed by atoms with van der Waals surface area (Å²) in [5.41, 5.74) is 4.45. The molecular formula is C48H54N2O10. The van der Waals surface area contributed by atoms with E-state index in [-0.39, 0.29) is 38.3 Å². The highest BCUT2D eigenvalue weighted by Crippen LogP contribution is 2.45. The lowest BCUT2D eigenvalue weighted by Gasteiger charge is -2.30. The summed E-state index contributed by atoms with van der Waals surface area (Å²) in [4.78, 5) is 52.8. The molecule has 1 saturated carbocycles. The molecule has 316 valence electrons. The molecule has 5 aliphatic rings. The summed E-state index contributed by atoms with van der Waals surface area (Å²) in [6.07, 6.45) is 9.70. The fraction of sp³-hybridized carbons (Fsp3) is 0.458. The lowest BCUT2D eigenvalue weighted by atomic mass is 9.89. The lowest BCUT2D eigenvalue weighted by Crippen LogP contribution is -2.43. The van der Waals surface area contributed by atoms with E-state index in [1.54, 1.807) is 63.2 Å². The average Bonchev–Trinajstić information content (AvgIpc) is 3.79. The molecule has 7 atom stereocenters. The summed E-state index contributed by atoms with van der Waals surface area (Å²) >= 11 is 0. The number of amides is 2. The van der Waals surface area contributed by atoms with Crippen LogP contribution in [0.3, 0.4) is 0 Å². The predicted octanol–water partition coefficient (Wildman–Crippen LogP) is 5.93. The van der Waals surface area contributed by atoms with Gasteiger partial charge < -0.3 is 39.4 Å². The summed E-state index contributed by atoms with van der Waals surface area (Å²) in [5, 5.41) is 15.6. The van der Waals surface area contributed by atoms with Gasteiger partial charge in [-0.2, -0.15) is 0 Å². The average molecular weight is 819 g/mol. The number of carbonyl (C=O) groups is 4. The summed E-state index contributed by atoms with van der Waals surface area (Å²) in [5.74, 6) is -2.14. The predicted molar refractivity (Wildman–Crippen MR) is 221 cm³/mol. The van der Waals surface area contributed by atoms with Crippen molar-refractivity contribution in [2.24, 2.45) is 5.92 Å². The van der Waals surface area contributed by atoms with Gasteiger partial charge in [-0.05, 0) is 105 Å². The molecule has 12 heteroatoms. The maximum Gasteiger partial charge on any atom is 0.338 e. The van der Waals surface area contributed by atoms with Gasteiger partial charge in [0.2, 0.25) is 5.91 Å². The zero-order valence-electron chi connectivity index (χ0n) is 34.4. The third-order valence-corrected chi connectivity index (χ3v) is 11.8. The van der Waals surface area contributed by atoms with E-state index in [2.05, 4.69) is 34.9 Å².